The summed E-state index contributed by atoms with van der Waals surface area (Å²) in [5.41, 5.74) is 3.03. The second-order valence-electron chi connectivity index (χ2n) is 6.81. The minimum Gasteiger partial charge on any atom is -0.349 e. The van der Waals surface area contributed by atoms with Crippen LogP contribution in [0.15, 0.2) is 42.7 Å². The minimum atomic E-state index is -0.122. The topological polar surface area (TPSA) is 62.3 Å². The molecule has 2 aromatic rings. The molecule has 1 aromatic heterocycles. The third-order valence-corrected chi connectivity index (χ3v) is 5.07. The van der Waals surface area contributed by atoms with Gasteiger partial charge >= 0.3 is 0 Å². The second-order valence-corrected chi connectivity index (χ2v) is 6.81. The van der Waals surface area contributed by atoms with Gasteiger partial charge in [0.1, 0.15) is 0 Å². The Morgan fingerprint density at radius 3 is 2.68 bits per heavy atom. The maximum absolute atomic E-state index is 12.9. The molecule has 0 bridgehead atoms. The molecule has 5 nitrogen and oxygen atoms in total. The van der Waals surface area contributed by atoms with E-state index in [4.69, 9.17) is 0 Å². The SMILES string of the molecule is O=C(NC1CCCC1)c1cccc2c1C(=O)N(Cc1ccncc1)C2. The number of aromatic nitrogens is 1. The summed E-state index contributed by atoms with van der Waals surface area (Å²) in [6.45, 7) is 1.07. The van der Waals surface area contributed by atoms with E-state index in [1.165, 1.54) is 0 Å². The number of nitrogens with one attached hydrogen (secondary N) is 1. The summed E-state index contributed by atoms with van der Waals surface area (Å²) < 4.78 is 0. The maximum atomic E-state index is 12.9. The molecule has 0 atom stereocenters. The molecule has 0 radical (unpaired) electrons. The molecule has 1 N–H and O–H groups in total. The summed E-state index contributed by atoms with van der Waals surface area (Å²) in [4.78, 5) is 31.4. The first-order valence-electron chi connectivity index (χ1n) is 8.83. The average Bonchev–Trinajstić information content (AvgIpc) is 3.24. The van der Waals surface area contributed by atoms with Gasteiger partial charge in [-0.25, -0.2) is 0 Å². The van der Waals surface area contributed by atoms with E-state index in [9.17, 15) is 9.59 Å². The number of benzene rings is 1. The Labute approximate surface area is 147 Å². The van der Waals surface area contributed by atoms with Crippen LogP contribution in [-0.2, 0) is 13.1 Å². The molecule has 128 valence electrons. The van der Waals surface area contributed by atoms with Crippen LogP contribution in [0.4, 0.5) is 0 Å². The molecule has 2 aliphatic rings. The van der Waals surface area contributed by atoms with Gasteiger partial charge in [-0.1, -0.05) is 25.0 Å². The fourth-order valence-corrected chi connectivity index (χ4v) is 3.78. The molecule has 1 aromatic carbocycles. The first-order valence-corrected chi connectivity index (χ1v) is 8.83. The predicted molar refractivity (Wildman–Crippen MR) is 94.0 cm³/mol. The average molecular weight is 335 g/mol. The lowest BCUT2D eigenvalue weighted by atomic mass is 10.0. The third kappa shape index (κ3) is 3.14. The van der Waals surface area contributed by atoms with Gasteiger partial charge in [0.2, 0.25) is 0 Å². The van der Waals surface area contributed by atoms with Crippen molar-refractivity contribution in [1.29, 1.82) is 0 Å². The van der Waals surface area contributed by atoms with Crippen molar-refractivity contribution in [3.05, 3.63) is 65.0 Å². The molecule has 1 aliphatic carbocycles. The molecule has 0 saturated heterocycles. The highest BCUT2D eigenvalue weighted by molar-refractivity contribution is 6.09. The summed E-state index contributed by atoms with van der Waals surface area (Å²) in [5.74, 6) is -0.188. The van der Waals surface area contributed by atoms with Crippen molar-refractivity contribution in [3.8, 4) is 0 Å². The van der Waals surface area contributed by atoms with Crippen LogP contribution in [0.3, 0.4) is 0 Å². The number of carbonyl (C=O) groups is 2. The van der Waals surface area contributed by atoms with E-state index in [0.29, 0.717) is 24.2 Å². The second kappa shape index (κ2) is 6.67. The lowest BCUT2D eigenvalue weighted by Crippen LogP contribution is -2.34. The lowest BCUT2D eigenvalue weighted by Gasteiger charge is -2.16. The molecule has 2 amide bonds. The van der Waals surface area contributed by atoms with E-state index >= 15 is 0 Å². The number of rotatable bonds is 4. The van der Waals surface area contributed by atoms with E-state index in [2.05, 4.69) is 10.3 Å². The lowest BCUT2D eigenvalue weighted by molar-refractivity contribution is 0.0761. The van der Waals surface area contributed by atoms with Gasteiger partial charge in [-0.2, -0.15) is 0 Å². The Bertz CT molecular complexity index is 798. The van der Waals surface area contributed by atoms with Crippen molar-refractivity contribution < 1.29 is 9.59 Å². The highest BCUT2D eigenvalue weighted by Gasteiger charge is 2.32. The van der Waals surface area contributed by atoms with Crippen molar-refractivity contribution in [3.63, 3.8) is 0 Å². The molecule has 4 rings (SSSR count). The van der Waals surface area contributed by atoms with E-state index in [1.807, 2.05) is 24.3 Å². The fraction of sp³-hybridized carbons (Fsp3) is 0.350. The van der Waals surface area contributed by atoms with Crippen molar-refractivity contribution in [2.45, 2.75) is 44.8 Å². The largest absolute Gasteiger partial charge is 0.349 e. The molecule has 5 heteroatoms. The molecule has 1 aliphatic heterocycles. The van der Waals surface area contributed by atoms with E-state index < -0.39 is 0 Å². The Morgan fingerprint density at radius 2 is 1.92 bits per heavy atom. The molecular weight excluding hydrogens is 314 g/mol. The number of hydrogen-bond donors (Lipinski definition) is 1. The van der Waals surface area contributed by atoms with Crippen molar-refractivity contribution >= 4 is 11.8 Å². The fourth-order valence-electron chi connectivity index (χ4n) is 3.78. The maximum Gasteiger partial charge on any atom is 0.255 e. The molecule has 1 saturated carbocycles. The zero-order valence-corrected chi connectivity index (χ0v) is 14.1. The Morgan fingerprint density at radius 1 is 1.16 bits per heavy atom. The predicted octanol–water partition coefficient (Wildman–Crippen LogP) is 2.91. The van der Waals surface area contributed by atoms with Crippen LogP contribution >= 0.6 is 0 Å². The molecule has 25 heavy (non-hydrogen) atoms. The number of pyridine rings is 1. The molecule has 1 fully saturated rings. The van der Waals surface area contributed by atoms with Crippen molar-refractivity contribution in [2.24, 2.45) is 0 Å². The third-order valence-electron chi connectivity index (χ3n) is 5.07. The summed E-state index contributed by atoms with van der Waals surface area (Å²) >= 11 is 0. The first-order chi connectivity index (χ1) is 12.2. The van der Waals surface area contributed by atoms with Crippen molar-refractivity contribution in [1.82, 2.24) is 15.2 Å². The van der Waals surface area contributed by atoms with Gasteiger partial charge in [0.15, 0.2) is 0 Å². The zero-order valence-electron chi connectivity index (χ0n) is 14.1. The number of nitrogens with zero attached hydrogens (tertiary/aromatic N) is 2. The molecule has 0 unspecified atom stereocenters. The van der Waals surface area contributed by atoms with Crippen LogP contribution in [0.1, 0.15) is 57.5 Å². The number of fused-ring (bicyclic) bond motifs is 1. The molecular formula is C20H21N3O2. The quantitative estimate of drug-likeness (QED) is 0.934. The van der Waals surface area contributed by atoms with Gasteiger partial charge in [-0.05, 0) is 42.2 Å². The summed E-state index contributed by atoms with van der Waals surface area (Å²) in [6, 6.07) is 9.62. The van der Waals surface area contributed by atoms with Crippen molar-refractivity contribution in [2.75, 3.05) is 0 Å². The van der Waals surface area contributed by atoms with Crippen LogP contribution in [-0.4, -0.2) is 27.7 Å². The van der Waals surface area contributed by atoms with Crippen LogP contribution < -0.4 is 5.32 Å². The monoisotopic (exact) mass is 335 g/mol. The Kier molecular flexibility index (Phi) is 4.22. The van der Waals surface area contributed by atoms with Gasteiger partial charge in [0, 0.05) is 31.5 Å². The molecule has 2 heterocycles. The van der Waals surface area contributed by atoms with Gasteiger partial charge in [0.25, 0.3) is 11.8 Å². The zero-order chi connectivity index (χ0) is 17.2. The smallest absolute Gasteiger partial charge is 0.255 e. The standard InChI is InChI=1S/C20H21N3O2/c24-19(22-16-5-1-2-6-16)17-7-3-4-15-13-23(20(25)18(15)17)12-14-8-10-21-11-9-14/h3-4,7-11,16H,1-2,5-6,12-13H2,(H,22,24). The summed E-state index contributed by atoms with van der Waals surface area (Å²) in [6.07, 6.45) is 7.84. The van der Waals surface area contributed by atoms with Crippen LogP contribution in [0.25, 0.3) is 0 Å². The number of amides is 2. The summed E-state index contributed by atoms with van der Waals surface area (Å²) in [5, 5.41) is 3.09. The highest BCUT2D eigenvalue weighted by atomic mass is 16.2. The first kappa shape index (κ1) is 15.8. The minimum absolute atomic E-state index is 0.0658. The highest BCUT2D eigenvalue weighted by Crippen LogP contribution is 2.28. The summed E-state index contributed by atoms with van der Waals surface area (Å²) in [7, 11) is 0. The van der Waals surface area contributed by atoms with Crippen LogP contribution in [0.5, 0.6) is 0 Å². The Balaban J connectivity index is 1.55. The van der Waals surface area contributed by atoms with Crippen LogP contribution in [0.2, 0.25) is 0 Å². The normalized spacial score (nSPS) is 17.0. The number of hydrogen-bond acceptors (Lipinski definition) is 3. The number of carbonyl (C=O) groups excluding carboxylic acids is 2. The van der Waals surface area contributed by atoms with Gasteiger partial charge < -0.3 is 10.2 Å². The van der Waals surface area contributed by atoms with E-state index in [0.717, 1.165) is 36.8 Å². The van der Waals surface area contributed by atoms with Gasteiger partial charge in [0.05, 0.1) is 11.1 Å². The van der Waals surface area contributed by atoms with Gasteiger partial charge in [-0.15, -0.1) is 0 Å². The van der Waals surface area contributed by atoms with Crippen LogP contribution in [0, 0.1) is 0 Å². The van der Waals surface area contributed by atoms with E-state index in [1.54, 1.807) is 23.4 Å². The van der Waals surface area contributed by atoms with E-state index in [-0.39, 0.29) is 17.9 Å². The molecule has 0 spiro atoms. The van der Waals surface area contributed by atoms with Gasteiger partial charge in [-0.3, -0.25) is 14.6 Å². The Hall–Kier alpha value is -2.69.